The maximum Gasteiger partial charge on any atom is 0.341 e. The van der Waals surface area contributed by atoms with E-state index in [1.54, 1.807) is 95.0 Å². The molecule has 1 aromatic carbocycles. The van der Waals surface area contributed by atoms with E-state index < -0.39 is 29.0 Å². The second-order valence-corrected chi connectivity index (χ2v) is 20.2. The van der Waals surface area contributed by atoms with E-state index in [0.29, 0.717) is 95.1 Å². The van der Waals surface area contributed by atoms with E-state index in [1.807, 2.05) is 152 Å². The van der Waals surface area contributed by atoms with Gasteiger partial charge in [0.1, 0.15) is 11.5 Å². The van der Waals surface area contributed by atoms with Gasteiger partial charge in [0.2, 0.25) is 0 Å². The first-order valence-corrected chi connectivity index (χ1v) is 25.9. The summed E-state index contributed by atoms with van der Waals surface area (Å²) in [7, 11) is 6.80. The number of hydrogen-bond acceptors (Lipinski definition) is 8. The summed E-state index contributed by atoms with van der Waals surface area (Å²) < 4.78 is 18.5. The molecule has 12 heteroatoms. The smallest absolute Gasteiger partial charge is 0.341 e. The van der Waals surface area contributed by atoms with Crippen LogP contribution in [0.15, 0.2) is 238 Å². The van der Waals surface area contributed by atoms with E-state index in [1.165, 1.54) is 0 Å². The molecule has 6 heterocycles. The summed E-state index contributed by atoms with van der Waals surface area (Å²) in [5, 5.41) is 0. The van der Waals surface area contributed by atoms with E-state index in [0.717, 1.165) is 0 Å². The number of fused-ring (bicyclic) bond motifs is 6. The lowest BCUT2D eigenvalue weighted by Crippen LogP contribution is -2.25. The van der Waals surface area contributed by atoms with Gasteiger partial charge in [-0.1, -0.05) is 164 Å². The molecule has 0 radical (unpaired) electrons. The number of rotatable bonds is 9. The SMILES string of the molecule is Cn1c2cccccc-2c(C(c2cc(C(c3c4cccccc-4oc3=O)c3c4cccccc-4oc3=O)cc(C(c3c4cccccc-4n(C)c3=O)c3c4cccccc-4n(C)c3=O)c2)c2c3cccccc-3n(C)c2=O)c1=O. The van der Waals surface area contributed by atoms with Crippen molar-refractivity contribution in [1.82, 2.24) is 18.3 Å². The summed E-state index contributed by atoms with van der Waals surface area (Å²) in [5.41, 5.74) is 5.34. The zero-order valence-corrected chi connectivity index (χ0v) is 43.3. The standard InChI is InChI=1S/C67H48N4O8/c1-68-47-29-17-5-11-23-41(47)56(62(68)72)53(57-42-24-12-6-18-30-48(42)69(2)63(57)73)38-35-39(54(58-43-25-13-7-19-31-49(43)70(3)64(58)74)59-44-26-14-8-20-32-50(44)71(4)65(59)75)37-40(36-38)55(60-45-27-15-9-21-33-51(45)78-66(60)76)61-46-28-16-10-22-34-52(46)79-67(61)77/h5-37,53-55H,1-4H3. The van der Waals surface area contributed by atoms with E-state index >= 15 is 28.8 Å². The number of aromatic nitrogens is 4. The van der Waals surface area contributed by atoms with Crippen LogP contribution in [0.2, 0.25) is 0 Å². The molecule has 12 aliphatic rings. The fourth-order valence-electron chi connectivity index (χ4n) is 12.4. The topological polar surface area (TPSA) is 148 Å². The second-order valence-electron chi connectivity index (χ2n) is 20.2. The molecule has 0 amide bonds. The van der Waals surface area contributed by atoms with Crippen molar-refractivity contribution in [2.45, 2.75) is 17.8 Å². The van der Waals surface area contributed by atoms with Crippen LogP contribution < -0.4 is 33.5 Å². The van der Waals surface area contributed by atoms with Gasteiger partial charge in [-0.2, -0.15) is 0 Å². The average Bonchev–Trinajstić information content (AvgIpc) is 3.99. The Labute approximate surface area is 451 Å². The maximum atomic E-state index is 15.5. The Morgan fingerprint density at radius 3 is 0.785 bits per heavy atom. The van der Waals surface area contributed by atoms with Crippen LogP contribution in [0.25, 0.3) is 67.7 Å². The van der Waals surface area contributed by atoms with Crippen LogP contribution in [0.5, 0.6) is 0 Å². The average molecular weight is 1040 g/mol. The Bertz CT molecular complexity index is 4260. The zero-order valence-electron chi connectivity index (χ0n) is 43.3. The molecular weight excluding hydrogens is 989 g/mol. The third-order valence-electron chi connectivity index (χ3n) is 16.0. The fourth-order valence-corrected chi connectivity index (χ4v) is 12.4. The molecule has 1 aromatic rings. The number of nitrogens with zero attached hydrogens (tertiary/aromatic N) is 4. The molecule has 0 saturated heterocycles. The van der Waals surface area contributed by atoms with Crippen molar-refractivity contribution in [3.05, 3.63) is 313 Å². The van der Waals surface area contributed by atoms with Gasteiger partial charge in [0.25, 0.3) is 22.2 Å². The summed E-state index contributed by atoms with van der Waals surface area (Å²) >= 11 is 0. The summed E-state index contributed by atoms with van der Waals surface area (Å²) in [6.45, 7) is 0. The van der Waals surface area contributed by atoms with E-state index in [4.69, 9.17) is 8.83 Å². The van der Waals surface area contributed by atoms with Crippen LogP contribution in [0.4, 0.5) is 0 Å². The quantitative estimate of drug-likeness (QED) is 0.139. The van der Waals surface area contributed by atoms with Gasteiger partial charge >= 0.3 is 11.3 Å². The molecule has 0 atom stereocenters. The van der Waals surface area contributed by atoms with Gasteiger partial charge in [0.05, 0.1) is 33.9 Å². The molecular formula is C67H48N4O8. The minimum absolute atomic E-state index is 0.125. The van der Waals surface area contributed by atoms with E-state index in [-0.39, 0.29) is 44.9 Å². The van der Waals surface area contributed by atoms with Crippen molar-refractivity contribution in [1.29, 1.82) is 0 Å². The van der Waals surface area contributed by atoms with Gasteiger partial charge in [-0.05, 0) is 53.1 Å². The van der Waals surface area contributed by atoms with Gasteiger partial charge in [0, 0.05) is 102 Å². The van der Waals surface area contributed by atoms with Crippen molar-refractivity contribution in [2.24, 2.45) is 28.2 Å². The van der Waals surface area contributed by atoms with Crippen molar-refractivity contribution >= 4 is 0 Å². The third-order valence-corrected chi connectivity index (χ3v) is 16.0. The highest BCUT2D eigenvalue weighted by Crippen LogP contribution is 2.48. The lowest BCUT2D eigenvalue weighted by molar-refractivity contribution is 0.533. The Hall–Kier alpha value is -10.2. The second kappa shape index (κ2) is 18.8. The Morgan fingerprint density at radius 1 is 0.278 bits per heavy atom. The Balaban J connectivity index is 1.25. The molecule has 0 unspecified atom stereocenters. The van der Waals surface area contributed by atoms with Crippen molar-refractivity contribution in [3.63, 3.8) is 0 Å². The summed E-state index contributed by atoms with van der Waals surface area (Å²) in [5.74, 6) is -3.06. The molecule has 0 saturated carbocycles. The lowest BCUT2D eigenvalue weighted by atomic mass is 9.75. The van der Waals surface area contributed by atoms with E-state index in [2.05, 4.69) is 0 Å². The molecule has 12 nitrogen and oxygen atoms in total. The summed E-state index contributed by atoms with van der Waals surface area (Å²) in [6.07, 6.45) is 0. The van der Waals surface area contributed by atoms with Gasteiger partial charge in [0.15, 0.2) is 0 Å². The molecule has 0 fully saturated rings. The molecule has 6 aliphatic carbocycles. The van der Waals surface area contributed by atoms with Crippen LogP contribution in [-0.2, 0) is 28.2 Å². The Morgan fingerprint density at radius 2 is 0.506 bits per heavy atom. The van der Waals surface area contributed by atoms with Crippen molar-refractivity contribution in [3.8, 4) is 67.7 Å². The highest BCUT2D eigenvalue weighted by atomic mass is 16.4. The third kappa shape index (κ3) is 7.50. The monoisotopic (exact) mass is 1040 g/mol. The molecule has 0 bridgehead atoms. The number of furan rings is 2. The Kier molecular flexibility index (Phi) is 11.5. The number of hydrogen-bond donors (Lipinski definition) is 0. The predicted molar refractivity (Wildman–Crippen MR) is 306 cm³/mol. The molecule has 6 aliphatic heterocycles. The first-order valence-electron chi connectivity index (χ1n) is 25.9. The first-order chi connectivity index (χ1) is 38.4. The lowest BCUT2D eigenvalue weighted by Gasteiger charge is -2.25. The minimum atomic E-state index is -1.27. The molecule has 0 aromatic heterocycles. The van der Waals surface area contributed by atoms with Crippen molar-refractivity contribution < 1.29 is 8.83 Å². The zero-order chi connectivity index (χ0) is 54.4. The highest BCUT2D eigenvalue weighted by molar-refractivity contribution is 5.79. The van der Waals surface area contributed by atoms with Crippen LogP contribution in [0.3, 0.4) is 0 Å². The van der Waals surface area contributed by atoms with Gasteiger partial charge < -0.3 is 27.1 Å². The molecule has 13 rings (SSSR count). The van der Waals surface area contributed by atoms with Crippen LogP contribution in [-0.4, -0.2) is 18.3 Å². The molecule has 0 N–H and O–H groups in total. The summed E-state index contributed by atoms with van der Waals surface area (Å²) in [4.78, 5) is 92.0. The molecule has 79 heavy (non-hydrogen) atoms. The van der Waals surface area contributed by atoms with Crippen molar-refractivity contribution in [2.75, 3.05) is 0 Å². The maximum absolute atomic E-state index is 15.5. The predicted octanol–water partition coefficient (Wildman–Crippen LogP) is 10.6. The van der Waals surface area contributed by atoms with Crippen LogP contribution >= 0.6 is 0 Å². The largest absolute Gasteiger partial charge is 0.422 e. The summed E-state index contributed by atoms with van der Waals surface area (Å²) in [6, 6.07) is 60.4. The van der Waals surface area contributed by atoms with E-state index in [9.17, 15) is 0 Å². The fraction of sp³-hybridized carbons (Fsp3) is 0.104. The number of benzene rings is 1. The highest BCUT2D eigenvalue weighted by Gasteiger charge is 2.40. The van der Waals surface area contributed by atoms with Gasteiger partial charge in [-0.25, -0.2) is 9.59 Å². The normalized spacial score (nSPS) is 11.9. The van der Waals surface area contributed by atoms with Crippen LogP contribution in [0, 0.1) is 0 Å². The first kappa shape index (κ1) is 48.4. The molecule has 384 valence electrons. The van der Waals surface area contributed by atoms with Crippen LogP contribution in [0.1, 0.15) is 67.8 Å². The minimum Gasteiger partial charge on any atom is -0.422 e. The molecule has 0 spiro atoms. The van der Waals surface area contributed by atoms with Gasteiger partial charge in [-0.15, -0.1) is 0 Å². The van der Waals surface area contributed by atoms with Gasteiger partial charge in [-0.3, -0.25) is 19.2 Å².